The Bertz CT molecular complexity index is 1020. The maximum Gasteiger partial charge on any atom is 0.222 e. The van der Waals surface area contributed by atoms with Crippen molar-refractivity contribution < 1.29 is 19.0 Å². The highest BCUT2D eigenvalue weighted by molar-refractivity contribution is 5.65. The van der Waals surface area contributed by atoms with E-state index >= 15 is 0 Å². The Morgan fingerprint density at radius 1 is 1.15 bits per heavy atom. The highest BCUT2D eigenvalue weighted by Gasteiger charge is 2.28. The molecule has 0 amide bonds. The zero-order valence-electron chi connectivity index (χ0n) is 19.3. The first kappa shape index (κ1) is 23.4. The van der Waals surface area contributed by atoms with Crippen molar-refractivity contribution in [1.82, 2.24) is 14.7 Å². The number of nitrogens with zero attached hydrogens (tertiary/aromatic N) is 3. The lowest BCUT2D eigenvalue weighted by molar-refractivity contribution is 0.0186. The van der Waals surface area contributed by atoms with E-state index in [2.05, 4.69) is 4.90 Å². The molecular weight excluding hydrogens is 421 g/mol. The molecule has 0 spiro atoms. The fourth-order valence-corrected chi connectivity index (χ4v) is 3.96. The average molecular weight is 454 g/mol. The zero-order valence-corrected chi connectivity index (χ0v) is 19.3. The molecule has 3 aromatic rings. The first-order valence-corrected chi connectivity index (χ1v) is 11.6. The van der Waals surface area contributed by atoms with Crippen LogP contribution in [0.2, 0.25) is 0 Å². The third-order valence-corrected chi connectivity index (χ3v) is 5.74. The first-order valence-electron chi connectivity index (χ1n) is 11.6. The average Bonchev–Trinajstić information content (AvgIpc) is 3.58. The molecule has 0 saturated heterocycles. The van der Waals surface area contributed by atoms with E-state index in [0.717, 1.165) is 23.4 Å². The lowest BCUT2D eigenvalue weighted by Gasteiger charge is -2.25. The van der Waals surface area contributed by atoms with Crippen LogP contribution in [0.25, 0.3) is 11.3 Å². The summed E-state index contributed by atoms with van der Waals surface area (Å²) < 4.78 is 26.8. The topological polar surface area (TPSA) is 59.8 Å². The number of aromatic nitrogens is 2. The van der Waals surface area contributed by atoms with E-state index in [0.29, 0.717) is 43.9 Å². The molecule has 1 N–H and O–H groups in total. The molecule has 0 aliphatic heterocycles. The van der Waals surface area contributed by atoms with Crippen molar-refractivity contribution >= 4 is 0 Å². The molecule has 1 saturated carbocycles. The van der Waals surface area contributed by atoms with Gasteiger partial charge in [0.15, 0.2) is 0 Å². The molecule has 4 rings (SSSR count). The SMILES string of the molecule is CCOC[C@@H](O)CN(Cc1c(-c2ccccc2)nn(C)c1Oc1ccc(F)cc1)CC1CC1. The fraction of sp³-hybridized carbons (Fsp3) is 0.423. The molecule has 1 fully saturated rings. The van der Waals surface area contributed by atoms with Gasteiger partial charge in [0.1, 0.15) is 17.3 Å². The zero-order chi connectivity index (χ0) is 23.2. The van der Waals surface area contributed by atoms with Crippen molar-refractivity contribution in [2.75, 3.05) is 26.3 Å². The van der Waals surface area contributed by atoms with Crippen molar-refractivity contribution in [3.8, 4) is 22.9 Å². The second-order valence-electron chi connectivity index (χ2n) is 8.63. The number of hydrogen-bond acceptors (Lipinski definition) is 5. The number of benzene rings is 2. The van der Waals surface area contributed by atoms with Crippen LogP contribution in [-0.4, -0.2) is 52.2 Å². The Morgan fingerprint density at radius 2 is 1.88 bits per heavy atom. The molecule has 7 heteroatoms. The van der Waals surface area contributed by atoms with Gasteiger partial charge < -0.3 is 14.6 Å². The molecule has 0 bridgehead atoms. The van der Waals surface area contributed by atoms with Gasteiger partial charge in [-0.1, -0.05) is 30.3 Å². The largest absolute Gasteiger partial charge is 0.439 e. The molecule has 0 radical (unpaired) electrons. The summed E-state index contributed by atoms with van der Waals surface area (Å²) in [7, 11) is 1.85. The first-order chi connectivity index (χ1) is 16.0. The summed E-state index contributed by atoms with van der Waals surface area (Å²) in [5, 5.41) is 15.3. The number of halogens is 1. The van der Waals surface area contributed by atoms with Crippen LogP contribution in [-0.2, 0) is 18.3 Å². The maximum absolute atomic E-state index is 13.4. The molecule has 33 heavy (non-hydrogen) atoms. The van der Waals surface area contributed by atoms with Gasteiger partial charge in [-0.2, -0.15) is 5.10 Å². The van der Waals surface area contributed by atoms with E-state index in [1.807, 2.05) is 44.3 Å². The van der Waals surface area contributed by atoms with Crippen molar-refractivity contribution in [3.63, 3.8) is 0 Å². The molecular formula is C26H32FN3O3. The van der Waals surface area contributed by atoms with Crippen molar-refractivity contribution in [2.45, 2.75) is 32.4 Å². The van der Waals surface area contributed by atoms with Gasteiger partial charge in [-0.15, -0.1) is 0 Å². The minimum atomic E-state index is -0.568. The summed E-state index contributed by atoms with van der Waals surface area (Å²) in [6.07, 6.45) is 1.87. The predicted octanol–water partition coefficient (Wildman–Crippen LogP) is 4.63. The van der Waals surface area contributed by atoms with E-state index in [-0.39, 0.29) is 5.82 Å². The number of rotatable bonds is 12. The maximum atomic E-state index is 13.4. The Balaban J connectivity index is 1.65. The van der Waals surface area contributed by atoms with Crippen molar-refractivity contribution in [1.29, 1.82) is 0 Å². The van der Waals surface area contributed by atoms with Crippen LogP contribution in [0.4, 0.5) is 4.39 Å². The van der Waals surface area contributed by atoms with Gasteiger partial charge in [0.2, 0.25) is 5.88 Å². The van der Waals surface area contributed by atoms with Gasteiger partial charge in [-0.05, 0) is 49.9 Å². The van der Waals surface area contributed by atoms with Gasteiger partial charge in [0, 0.05) is 38.9 Å². The second-order valence-corrected chi connectivity index (χ2v) is 8.63. The van der Waals surface area contributed by atoms with Gasteiger partial charge >= 0.3 is 0 Å². The van der Waals surface area contributed by atoms with E-state index in [9.17, 15) is 9.50 Å². The molecule has 1 aromatic heterocycles. The quantitative estimate of drug-likeness (QED) is 0.433. The highest BCUT2D eigenvalue weighted by Crippen LogP contribution is 2.36. The number of ether oxygens (including phenoxy) is 2. The number of aryl methyl sites for hydroxylation is 1. The Morgan fingerprint density at radius 3 is 2.55 bits per heavy atom. The molecule has 176 valence electrons. The van der Waals surface area contributed by atoms with Crippen LogP contribution in [0.3, 0.4) is 0 Å². The summed E-state index contributed by atoms with van der Waals surface area (Å²) >= 11 is 0. The normalized spacial score (nSPS) is 14.6. The minimum Gasteiger partial charge on any atom is -0.439 e. The van der Waals surface area contributed by atoms with Crippen LogP contribution < -0.4 is 4.74 Å². The molecule has 1 aliphatic carbocycles. The minimum absolute atomic E-state index is 0.309. The van der Waals surface area contributed by atoms with Crippen LogP contribution in [0.5, 0.6) is 11.6 Å². The summed E-state index contributed by atoms with van der Waals surface area (Å²) in [5.74, 6) is 1.50. The Hall–Kier alpha value is -2.74. The third-order valence-electron chi connectivity index (χ3n) is 5.74. The lowest BCUT2D eigenvalue weighted by atomic mass is 10.1. The van der Waals surface area contributed by atoms with Crippen LogP contribution >= 0.6 is 0 Å². The summed E-state index contributed by atoms with van der Waals surface area (Å²) in [5.41, 5.74) is 2.78. The number of aliphatic hydroxyl groups is 1. The van der Waals surface area contributed by atoms with Crippen LogP contribution in [0.15, 0.2) is 54.6 Å². The third kappa shape index (κ3) is 6.41. The monoisotopic (exact) mass is 453 g/mol. The Labute approximate surface area is 194 Å². The Kier molecular flexibility index (Phi) is 7.75. The molecule has 2 aromatic carbocycles. The summed E-state index contributed by atoms with van der Waals surface area (Å²) in [6, 6.07) is 16.0. The standard InChI is InChI=1S/C26H32FN3O3/c1-3-32-18-22(31)16-30(15-19-9-10-19)17-24-25(20-7-5-4-6-8-20)28-29(2)26(24)33-23-13-11-21(27)12-14-23/h4-8,11-14,19,22,31H,3,9-10,15-18H2,1-2H3/t22-/m0/s1. The van der Waals surface area contributed by atoms with E-state index in [1.54, 1.807) is 16.8 Å². The van der Waals surface area contributed by atoms with Crippen molar-refractivity contribution in [2.24, 2.45) is 13.0 Å². The van der Waals surface area contributed by atoms with Crippen LogP contribution in [0, 0.1) is 11.7 Å². The molecule has 6 nitrogen and oxygen atoms in total. The van der Waals surface area contributed by atoms with Gasteiger partial charge in [-0.3, -0.25) is 4.90 Å². The van der Waals surface area contributed by atoms with E-state index in [1.165, 1.54) is 25.0 Å². The highest BCUT2D eigenvalue weighted by atomic mass is 19.1. The number of aliphatic hydroxyl groups excluding tert-OH is 1. The summed E-state index contributed by atoms with van der Waals surface area (Å²) in [4.78, 5) is 2.27. The van der Waals surface area contributed by atoms with Crippen molar-refractivity contribution in [3.05, 3.63) is 66.0 Å². The van der Waals surface area contributed by atoms with E-state index in [4.69, 9.17) is 14.6 Å². The molecule has 1 atom stereocenters. The second kappa shape index (κ2) is 10.9. The molecule has 1 heterocycles. The summed E-state index contributed by atoms with van der Waals surface area (Å²) in [6.45, 7) is 4.81. The number of hydrogen-bond donors (Lipinski definition) is 1. The molecule has 0 unspecified atom stereocenters. The van der Waals surface area contributed by atoms with Gasteiger partial charge in [-0.25, -0.2) is 9.07 Å². The van der Waals surface area contributed by atoms with Crippen LogP contribution in [0.1, 0.15) is 25.3 Å². The predicted molar refractivity (Wildman–Crippen MR) is 126 cm³/mol. The fourth-order valence-electron chi connectivity index (χ4n) is 3.96. The van der Waals surface area contributed by atoms with Gasteiger partial charge in [0.05, 0.1) is 18.3 Å². The van der Waals surface area contributed by atoms with E-state index < -0.39 is 6.10 Å². The molecule has 1 aliphatic rings. The van der Waals surface area contributed by atoms with Gasteiger partial charge in [0.25, 0.3) is 0 Å². The smallest absolute Gasteiger partial charge is 0.222 e. The lowest BCUT2D eigenvalue weighted by Crippen LogP contribution is -2.36.